The molecule has 1 aliphatic rings. The number of carbonyl (C=O) groups is 1. The van der Waals surface area contributed by atoms with Crippen LogP contribution in [0.25, 0.3) is 0 Å². The molecule has 0 atom stereocenters. The fourth-order valence-corrected chi connectivity index (χ4v) is 3.17. The van der Waals surface area contributed by atoms with Gasteiger partial charge < -0.3 is 10.5 Å². The fourth-order valence-electron chi connectivity index (χ4n) is 3.17. The zero-order chi connectivity index (χ0) is 19.0. The van der Waals surface area contributed by atoms with Gasteiger partial charge >= 0.3 is 12.3 Å². The third kappa shape index (κ3) is 3.89. The van der Waals surface area contributed by atoms with Gasteiger partial charge in [0.2, 0.25) is 0 Å². The van der Waals surface area contributed by atoms with Crippen LogP contribution in [0, 0.1) is 5.82 Å². The van der Waals surface area contributed by atoms with Gasteiger partial charge in [-0.25, -0.2) is 9.18 Å². The average Bonchev–Trinajstić information content (AvgIpc) is 2.43. The largest absolute Gasteiger partial charge is 0.453 e. The summed E-state index contributed by atoms with van der Waals surface area (Å²) in [7, 11) is 1.21. The highest BCUT2D eigenvalue weighted by atomic mass is 19.4. The van der Waals surface area contributed by atoms with Crippen LogP contribution in [0.1, 0.15) is 44.2 Å². The Labute approximate surface area is 143 Å². The van der Waals surface area contributed by atoms with Crippen molar-refractivity contribution in [3.63, 3.8) is 0 Å². The first-order chi connectivity index (χ1) is 11.4. The number of hydrogen-bond donors (Lipinski definition) is 1. The lowest BCUT2D eigenvalue weighted by Crippen LogP contribution is -2.59. The van der Waals surface area contributed by atoms with E-state index in [2.05, 4.69) is 0 Å². The predicted molar refractivity (Wildman–Crippen MR) is 84.3 cm³/mol. The highest BCUT2D eigenvalue weighted by Gasteiger charge is 2.49. The summed E-state index contributed by atoms with van der Waals surface area (Å²) in [5.74, 6) is -1.34. The van der Waals surface area contributed by atoms with Crippen LogP contribution in [0.3, 0.4) is 0 Å². The van der Waals surface area contributed by atoms with Gasteiger partial charge in [0.05, 0.1) is 18.2 Å². The van der Waals surface area contributed by atoms with Crippen molar-refractivity contribution in [1.82, 2.24) is 4.90 Å². The Bertz CT molecular complexity index is 649. The SMILES string of the molecule is COC(=O)N(CC(C)(C)N)C1(c2ccc(F)c(C(F)(F)F)c2)CCC1. The van der Waals surface area contributed by atoms with E-state index >= 15 is 0 Å². The minimum Gasteiger partial charge on any atom is -0.453 e. The Kier molecular flexibility index (Phi) is 5.05. The molecule has 0 unspecified atom stereocenters. The second-order valence-corrected chi connectivity index (χ2v) is 7.12. The van der Waals surface area contributed by atoms with Gasteiger partial charge in [0.15, 0.2) is 0 Å². The number of nitrogens with zero attached hydrogens (tertiary/aromatic N) is 1. The predicted octanol–water partition coefficient (Wildman–Crippen LogP) is 4.03. The van der Waals surface area contributed by atoms with E-state index in [1.165, 1.54) is 18.1 Å². The van der Waals surface area contributed by atoms with Gasteiger partial charge in [-0.2, -0.15) is 13.2 Å². The molecular formula is C17H22F4N2O2. The van der Waals surface area contributed by atoms with Crippen molar-refractivity contribution < 1.29 is 27.1 Å². The number of ether oxygens (including phenoxy) is 1. The van der Waals surface area contributed by atoms with Crippen molar-refractivity contribution in [1.29, 1.82) is 0 Å². The molecule has 1 saturated carbocycles. The smallest absolute Gasteiger partial charge is 0.419 e. The summed E-state index contributed by atoms with van der Waals surface area (Å²) in [6.07, 6.45) is -3.83. The molecule has 0 heterocycles. The Balaban J connectivity index is 2.53. The molecule has 2 rings (SSSR count). The Hall–Kier alpha value is -1.83. The number of halogens is 4. The van der Waals surface area contributed by atoms with E-state index in [-0.39, 0.29) is 12.1 Å². The molecule has 1 amide bonds. The molecule has 0 radical (unpaired) electrons. The highest BCUT2D eigenvalue weighted by molar-refractivity contribution is 5.69. The summed E-state index contributed by atoms with van der Waals surface area (Å²) in [4.78, 5) is 13.7. The van der Waals surface area contributed by atoms with E-state index in [1.54, 1.807) is 13.8 Å². The van der Waals surface area contributed by atoms with Crippen LogP contribution < -0.4 is 5.73 Å². The fraction of sp³-hybridized carbons (Fsp3) is 0.588. The number of benzene rings is 1. The zero-order valence-electron chi connectivity index (χ0n) is 14.4. The Morgan fingerprint density at radius 3 is 2.32 bits per heavy atom. The van der Waals surface area contributed by atoms with Gasteiger partial charge in [0, 0.05) is 12.1 Å². The van der Waals surface area contributed by atoms with Gasteiger partial charge in [0.1, 0.15) is 5.82 Å². The third-order valence-electron chi connectivity index (χ3n) is 4.47. The first-order valence-corrected chi connectivity index (χ1v) is 7.92. The summed E-state index contributed by atoms with van der Waals surface area (Å²) >= 11 is 0. The van der Waals surface area contributed by atoms with Gasteiger partial charge in [-0.15, -0.1) is 0 Å². The van der Waals surface area contributed by atoms with Crippen molar-refractivity contribution in [2.45, 2.75) is 50.4 Å². The zero-order valence-corrected chi connectivity index (χ0v) is 14.4. The number of carbonyl (C=O) groups excluding carboxylic acids is 1. The van der Waals surface area contributed by atoms with E-state index in [0.717, 1.165) is 18.6 Å². The molecular weight excluding hydrogens is 340 g/mol. The number of hydrogen-bond acceptors (Lipinski definition) is 3. The summed E-state index contributed by atoms with van der Waals surface area (Å²) in [5, 5.41) is 0. The van der Waals surface area contributed by atoms with Crippen LogP contribution in [0.2, 0.25) is 0 Å². The monoisotopic (exact) mass is 362 g/mol. The van der Waals surface area contributed by atoms with E-state index in [9.17, 15) is 22.4 Å². The maximum Gasteiger partial charge on any atom is 0.419 e. The van der Waals surface area contributed by atoms with E-state index in [1.807, 2.05) is 0 Å². The lowest BCUT2D eigenvalue weighted by atomic mass is 9.69. The molecule has 0 spiro atoms. The van der Waals surface area contributed by atoms with Crippen LogP contribution >= 0.6 is 0 Å². The summed E-state index contributed by atoms with van der Waals surface area (Å²) in [6, 6.07) is 2.87. The van der Waals surface area contributed by atoms with Crippen molar-refractivity contribution in [2.75, 3.05) is 13.7 Å². The molecule has 1 aliphatic carbocycles. The molecule has 25 heavy (non-hydrogen) atoms. The normalized spacial score (nSPS) is 17.0. The molecule has 8 heteroatoms. The average molecular weight is 362 g/mol. The number of rotatable bonds is 4. The molecule has 1 fully saturated rings. The number of nitrogens with two attached hydrogens (primary N) is 1. The lowest BCUT2D eigenvalue weighted by Gasteiger charge is -2.51. The van der Waals surface area contributed by atoms with Crippen LogP contribution in [-0.4, -0.2) is 30.2 Å². The summed E-state index contributed by atoms with van der Waals surface area (Å²) in [6.45, 7) is 3.51. The lowest BCUT2D eigenvalue weighted by molar-refractivity contribution is -0.140. The maximum absolute atomic E-state index is 13.6. The van der Waals surface area contributed by atoms with E-state index in [0.29, 0.717) is 12.8 Å². The van der Waals surface area contributed by atoms with Crippen LogP contribution in [-0.2, 0) is 16.5 Å². The second kappa shape index (κ2) is 6.48. The minimum atomic E-state index is -4.81. The van der Waals surface area contributed by atoms with E-state index in [4.69, 9.17) is 10.5 Å². The summed E-state index contributed by atoms with van der Waals surface area (Å²) in [5.41, 5.74) is 3.17. The first kappa shape index (κ1) is 19.5. The molecule has 4 nitrogen and oxygen atoms in total. The molecule has 0 saturated heterocycles. The maximum atomic E-state index is 13.6. The third-order valence-corrected chi connectivity index (χ3v) is 4.47. The molecule has 0 bridgehead atoms. The quantitative estimate of drug-likeness (QED) is 0.823. The van der Waals surface area contributed by atoms with Crippen molar-refractivity contribution in [3.05, 3.63) is 35.1 Å². The second-order valence-electron chi connectivity index (χ2n) is 7.12. The van der Waals surface area contributed by atoms with Gasteiger partial charge in [-0.05, 0) is 50.8 Å². The summed E-state index contributed by atoms with van der Waals surface area (Å²) < 4.78 is 57.7. The minimum absolute atomic E-state index is 0.0956. The molecule has 1 aromatic rings. The molecule has 2 N–H and O–H groups in total. The van der Waals surface area contributed by atoms with E-state index < -0.39 is 34.7 Å². The van der Waals surface area contributed by atoms with Crippen LogP contribution in [0.4, 0.5) is 22.4 Å². The first-order valence-electron chi connectivity index (χ1n) is 7.92. The number of alkyl halides is 3. The highest BCUT2D eigenvalue weighted by Crippen LogP contribution is 2.48. The Morgan fingerprint density at radius 1 is 1.32 bits per heavy atom. The van der Waals surface area contributed by atoms with Gasteiger partial charge in [-0.3, -0.25) is 4.90 Å². The Morgan fingerprint density at radius 2 is 1.92 bits per heavy atom. The molecule has 0 aliphatic heterocycles. The van der Waals surface area contributed by atoms with Crippen molar-refractivity contribution in [2.24, 2.45) is 5.73 Å². The van der Waals surface area contributed by atoms with Crippen LogP contribution in [0.5, 0.6) is 0 Å². The number of amides is 1. The van der Waals surface area contributed by atoms with Gasteiger partial charge in [-0.1, -0.05) is 6.07 Å². The molecule has 140 valence electrons. The van der Waals surface area contributed by atoms with Crippen molar-refractivity contribution >= 4 is 6.09 Å². The van der Waals surface area contributed by atoms with Crippen LogP contribution in [0.15, 0.2) is 18.2 Å². The topological polar surface area (TPSA) is 55.6 Å². The molecule has 1 aromatic carbocycles. The number of methoxy groups -OCH3 is 1. The molecule has 0 aromatic heterocycles. The van der Waals surface area contributed by atoms with Crippen molar-refractivity contribution in [3.8, 4) is 0 Å². The standard InChI is InChI=1S/C17H22F4N2O2/c1-15(2,22)10-23(14(24)25-3)16(7-4-8-16)11-5-6-13(18)12(9-11)17(19,20)21/h5-6,9H,4,7-8,10,22H2,1-3H3. The van der Waals surface area contributed by atoms with Gasteiger partial charge in [0.25, 0.3) is 0 Å².